The summed E-state index contributed by atoms with van der Waals surface area (Å²) in [6, 6.07) is 18.7. The van der Waals surface area contributed by atoms with Gasteiger partial charge in [-0.2, -0.15) is 0 Å². The largest absolute Gasteiger partial charge is 0.357 e. The Bertz CT molecular complexity index is 1260. The normalized spacial score (nSPS) is 13.3. The van der Waals surface area contributed by atoms with E-state index in [4.69, 9.17) is 4.98 Å². The number of anilines is 1. The molecule has 0 radical (unpaired) electrons. The van der Waals surface area contributed by atoms with Gasteiger partial charge in [-0.05, 0) is 43.2 Å². The van der Waals surface area contributed by atoms with Gasteiger partial charge in [0.1, 0.15) is 10.7 Å². The van der Waals surface area contributed by atoms with Gasteiger partial charge in [0, 0.05) is 47.0 Å². The lowest BCUT2D eigenvalue weighted by atomic mass is 10.1. The number of hydrogen-bond donors (Lipinski definition) is 2. The molecule has 5 rings (SSSR count). The first-order valence-electron chi connectivity index (χ1n) is 10.6. The highest BCUT2D eigenvalue weighted by molar-refractivity contribution is 7.13. The minimum atomic E-state index is -0.148. The summed E-state index contributed by atoms with van der Waals surface area (Å²) >= 11 is 1.53. The third kappa shape index (κ3) is 4.20. The molecule has 0 saturated carbocycles. The topological polar surface area (TPSA) is 78.1 Å². The van der Waals surface area contributed by atoms with Gasteiger partial charge in [-0.3, -0.25) is 9.59 Å². The Morgan fingerprint density at radius 1 is 0.969 bits per heavy atom. The van der Waals surface area contributed by atoms with Crippen molar-refractivity contribution >= 4 is 28.8 Å². The van der Waals surface area contributed by atoms with Gasteiger partial charge in [0.05, 0.1) is 5.69 Å². The van der Waals surface area contributed by atoms with Crippen LogP contribution in [0.4, 0.5) is 5.69 Å². The lowest BCUT2D eigenvalue weighted by Gasteiger charge is -2.13. The van der Waals surface area contributed by atoms with E-state index in [0.717, 1.165) is 47.8 Å². The predicted molar refractivity (Wildman–Crippen MR) is 127 cm³/mol. The van der Waals surface area contributed by atoms with Crippen LogP contribution in [0.1, 0.15) is 33.7 Å². The summed E-state index contributed by atoms with van der Waals surface area (Å²) in [5.74, 6) is -0.101. The highest BCUT2D eigenvalue weighted by Crippen LogP contribution is 2.31. The summed E-state index contributed by atoms with van der Waals surface area (Å²) < 4.78 is 0. The van der Waals surface area contributed by atoms with Crippen molar-refractivity contribution in [2.24, 2.45) is 0 Å². The minimum absolute atomic E-state index is 0.0473. The molecule has 0 aliphatic carbocycles. The van der Waals surface area contributed by atoms with Crippen LogP contribution in [0.25, 0.3) is 21.8 Å². The number of nitrogens with one attached hydrogen (secondary N) is 2. The van der Waals surface area contributed by atoms with E-state index >= 15 is 0 Å². The Balaban J connectivity index is 1.32. The number of benzene rings is 2. The molecular formula is C25H22N4O2S. The van der Waals surface area contributed by atoms with Crippen molar-refractivity contribution in [1.82, 2.24) is 14.9 Å². The number of likely N-dealkylation sites (tertiary alicyclic amines) is 1. The van der Waals surface area contributed by atoms with E-state index in [1.54, 1.807) is 12.1 Å². The van der Waals surface area contributed by atoms with E-state index in [1.165, 1.54) is 11.3 Å². The molecular weight excluding hydrogens is 420 g/mol. The van der Waals surface area contributed by atoms with Crippen molar-refractivity contribution in [1.29, 1.82) is 0 Å². The molecule has 4 aromatic rings. The van der Waals surface area contributed by atoms with Crippen LogP contribution in [0.3, 0.4) is 0 Å². The van der Waals surface area contributed by atoms with Crippen molar-refractivity contribution in [3.63, 3.8) is 0 Å². The van der Waals surface area contributed by atoms with Gasteiger partial charge in [-0.15, -0.1) is 11.3 Å². The first-order valence-corrected chi connectivity index (χ1v) is 11.5. The van der Waals surface area contributed by atoms with E-state index in [9.17, 15) is 9.59 Å². The zero-order valence-electron chi connectivity index (χ0n) is 17.4. The summed E-state index contributed by atoms with van der Waals surface area (Å²) in [5, 5.41) is 5.78. The average molecular weight is 443 g/mol. The standard InChI is InChI=1S/C25H22N4O2S/c30-23(17-7-2-1-3-8-17)27-20-10-6-9-18(13-20)24-28-22(16-32-24)19-14-21(26-15-19)25(31)29-11-4-5-12-29/h1-3,6-10,13-16,26H,4-5,11-12H2,(H,27,30). The fraction of sp³-hybridized carbons (Fsp3) is 0.160. The zero-order chi connectivity index (χ0) is 21.9. The van der Waals surface area contributed by atoms with E-state index in [2.05, 4.69) is 10.3 Å². The number of thiazole rings is 1. The quantitative estimate of drug-likeness (QED) is 0.441. The average Bonchev–Trinajstić information content (AvgIpc) is 3.61. The second-order valence-electron chi connectivity index (χ2n) is 7.74. The van der Waals surface area contributed by atoms with Crippen LogP contribution in [-0.4, -0.2) is 39.8 Å². The SMILES string of the molecule is O=C(Nc1cccc(-c2nc(-c3c[nH]c(C(=O)N4CCCC4)c3)cs2)c1)c1ccccc1. The molecule has 0 bridgehead atoms. The van der Waals surface area contributed by atoms with Crippen molar-refractivity contribution in [3.8, 4) is 21.8 Å². The number of rotatable bonds is 5. The first kappa shape index (κ1) is 20.2. The zero-order valence-corrected chi connectivity index (χ0v) is 18.2. The molecule has 2 N–H and O–H groups in total. The van der Waals surface area contributed by atoms with Gasteiger partial charge in [-0.25, -0.2) is 4.98 Å². The second kappa shape index (κ2) is 8.80. The number of hydrogen-bond acceptors (Lipinski definition) is 4. The van der Waals surface area contributed by atoms with Crippen molar-refractivity contribution in [2.75, 3.05) is 18.4 Å². The Kier molecular flexibility index (Phi) is 5.56. The Morgan fingerprint density at radius 2 is 1.78 bits per heavy atom. The molecule has 1 saturated heterocycles. The maximum absolute atomic E-state index is 12.6. The highest BCUT2D eigenvalue weighted by Gasteiger charge is 2.21. The number of nitrogens with zero attached hydrogens (tertiary/aromatic N) is 2. The van der Waals surface area contributed by atoms with Crippen molar-refractivity contribution in [3.05, 3.63) is 83.5 Å². The number of carbonyl (C=O) groups excluding carboxylic acids is 2. The number of carbonyl (C=O) groups is 2. The van der Waals surface area contributed by atoms with Crippen LogP contribution in [0.2, 0.25) is 0 Å². The number of amides is 2. The van der Waals surface area contributed by atoms with Gasteiger partial charge in [-0.1, -0.05) is 30.3 Å². The van der Waals surface area contributed by atoms with Gasteiger partial charge in [0.15, 0.2) is 0 Å². The number of aromatic amines is 1. The van der Waals surface area contributed by atoms with Gasteiger partial charge >= 0.3 is 0 Å². The predicted octanol–water partition coefficient (Wildman–Crippen LogP) is 5.29. The number of H-pyrrole nitrogens is 1. The molecule has 160 valence electrons. The molecule has 1 aliphatic rings. The molecule has 1 fully saturated rings. The van der Waals surface area contributed by atoms with Crippen LogP contribution < -0.4 is 5.32 Å². The second-order valence-corrected chi connectivity index (χ2v) is 8.60. The molecule has 32 heavy (non-hydrogen) atoms. The van der Waals surface area contributed by atoms with Gasteiger partial charge in [0.25, 0.3) is 11.8 Å². The van der Waals surface area contributed by atoms with Crippen LogP contribution >= 0.6 is 11.3 Å². The molecule has 0 spiro atoms. The molecule has 2 amide bonds. The highest BCUT2D eigenvalue weighted by atomic mass is 32.1. The van der Waals surface area contributed by atoms with E-state index < -0.39 is 0 Å². The van der Waals surface area contributed by atoms with Crippen molar-refractivity contribution in [2.45, 2.75) is 12.8 Å². The summed E-state index contributed by atoms with van der Waals surface area (Å²) in [4.78, 5) is 34.8. The Hall–Kier alpha value is -3.71. The Labute approximate surface area is 189 Å². The lowest BCUT2D eigenvalue weighted by molar-refractivity contribution is 0.0787. The molecule has 0 unspecified atom stereocenters. The van der Waals surface area contributed by atoms with Gasteiger partial charge in [0.2, 0.25) is 0 Å². The van der Waals surface area contributed by atoms with E-state index in [-0.39, 0.29) is 11.8 Å². The third-order valence-electron chi connectivity index (χ3n) is 5.51. The molecule has 2 aromatic heterocycles. The van der Waals surface area contributed by atoms with E-state index in [1.807, 2.05) is 65.0 Å². The molecule has 0 atom stereocenters. The van der Waals surface area contributed by atoms with Crippen LogP contribution in [-0.2, 0) is 0 Å². The molecule has 1 aliphatic heterocycles. The summed E-state index contributed by atoms with van der Waals surface area (Å²) in [6.07, 6.45) is 3.97. The molecule has 7 heteroatoms. The summed E-state index contributed by atoms with van der Waals surface area (Å²) in [7, 11) is 0. The molecule has 2 aromatic carbocycles. The van der Waals surface area contributed by atoms with Crippen LogP contribution in [0.15, 0.2) is 72.2 Å². The van der Waals surface area contributed by atoms with E-state index in [0.29, 0.717) is 16.9 Å². The summed E-state index contributed by atoms with van der Waals surface area (Å²) in [5.41, 5.74) is 4.57. The van der Waals surface area contributed by atoms with Crippen LogP contribution in [0, 0.1) is 0 Å². The summed E-state index contributed by atoms with van der Waals surface area (Å²) in [6.45, 7) is 1.65. The van der Waals surface area contributed by atoms with Gasteiger partial charge < -0.3 is 15.2 Å². The monoisotopic (exact) mass is 442 g/mol. The molecule has 3 heterocycles. The van der Waals surface area contributed by atoms with Crippen LogP contribution in [0.5, 0.6) is 0 Å². The van der Waals surface area contributed by atoms with Crippen molar-refractivity contribution < 1.29 is 9.59 Å². The smallest absolute Gasteiger partial charge is 0.270 e. The Morgan fingerprint density at radius 3 is 2.59 bits per heavy atom. The lowest BCUT2D eigenvalue weighted by Crippen LogP contribution is -2.27. The minimum Gasteiger partial charge on any atom is -0.357 e. The maximum atomic E-state index is 12.6. The maximum Gasteiger partial charge on any atom is 0.270 e. The fourth-order valence-corrected chi connectivity index (χ4v) is 4.64. The fourth-order valence-electron chi connectivity index (χ4n) is 3.82. The number of aromatic nitrogens is 2. The third-order valence-corrected chi connectivity index (χ3v) is 6.40. The first-order chi connectivity index (χ1) is 15.7. The molecule has 6 nitrogen and oxygen atoms in total.